The Morgan fingerprint density at radius 2 is 1.76 bits per heavy atom. The minimum Gasteiger partial charge on any atom is -0.497 e. The molecule has 0 aromatic heterocycles. The Balaban J connectivity index is 1.73. The summed E-state index contributed by atoms with van der Waals surface area (Å²) < 4.78 is 37.1. The minimum atomic E-state index is -0.650. The lowest BCUT2D eigenvalue weighted by molar-refractivity contribution is -0.130. The molecular formula is C19H21F2NO3. The van der Waals surface area contributed by atoms with Crippen molar-refractivity contribution < 1.29 is 23.0 Å². The standard InChI is InChI=1S/C19H21F2NO3/c1-22(13-14-5-6-15(20)12-18(14)21)19(23)4-3-11-25-17-9-7-16(24-2)8-10-17/h5-10,12H,3-4,11,13H2,1-2H3. The fourth-order valence-corrected chi connectivity index (χ4v) is 2.27. The van der Waals surface area contributed by atoms with E-state index < -0.39 is 11.6 Å². The lowest BCUT2D eigenvalue weighted by atomic mass is 10.2. The first-order valence-electron chi connectivity index (χ1n) is 7.94. The number of hydrogen-bond acceptors (Lipinski definition) is 3. The van der Waals surface area contributed by atoms with Crippen molar-refractivity contribution in [1.82, 2.24) is 4.90 Å². The topological polar surface area (TPSA) is 38.8 Å². The molecule has 6 heteroatoms. The van der Waals surface area contributed by atoms with E-state index in [-0.39, 0.29) is 24.4 Å². The smallest absolute Gasteiger partial charge is 0.222 e. The molecule has 25 heavy (non-hydrogen) atoms. The first kappa shape index (κ1) is 18.7. The lowest BCUT2D eigenvalue weighted by Gasteiger charge is -2.17. The summed E-state index contributed by atoms with van der Waals surface area (Å²) in [5, 5.41) is 0. The van der Waals surface area contributed by atoms with Gasteiger partial charge in [0.05, 0.1) is 13.7 Å². The normalized spacial score (nSPS) is 10.4. The third-order valence-electron chi connectivity index (χ3n) is 3.71. The van der Waals surface area contributed by atoms with Crippen LogP contribution in [0.4, 0.5) is 8.78 Å². The second-order valence-corrected chi connectivity index (χ2v) is 5.61. The van der Waals surface area contributed by atoms with Crippen molar-refractivity contribution in [1.29, 1.82) is 0 Å². The zero-order valence-electron chi connectivity index (χ0n) is 14.3. The molecule has 2 aromatic carbocycles. The average molecular weight is 349 g/mol. The van der Waals surface area contributed by atoms with Crippen molar-refractivity contribution in [3.63, 3.8) is 0 Å². The number of ether oxygens (including phenoxy) is 2. The molecule has 2 rings (SSSR count). The monoisotopic (exact) mass is 349 g/mol. The number of halogens is 2. The largest absolute Gasteiger partial charge is 0.497 e. The van der Waals surface area contributed by atoms with E-state index in [2.05, 4.69) is 0 Å². The van der Waals surface area contributed by atoms with Crippen LogP contribution in [0.1, 0.15) is 18.4 Å². The van der Waals surface area contributed by atoms with Crippen molar-refractivity contribution in [3.05, 3.63) is 59.7 Å². The summed E-state index contributed by atoms with van der Waals surface area (Å²) in [5.41, 5.74) is 0.284. The van der Waals surface area contributed by atoms with Crippen molar-refractivity contribution in [2.75, 3.05) is 20.8 Å². The predicted molar refractivity (Wildman–Crippen MR) is 90.6 cm³/mol. The summed E-state index contributed by atoms with van der Waals surface area (Å²) in [4.78, 5) is 13.5. The van der Waals surface area contributed by atoms with Crippen LogP contribution < -0.4 is 9.47 Å². The Kier molecular flexibility index (Phi) is 6.74. The van der Waals surface area contributed by atoms with E-state index in [9.17, 15) is 13.6 Å². The first-order valence-corrected chi connectivity index (χ1v) is 7.94. The zero-order chi connectivity index (χ0) is 18.2. The Labute approximate surface area is 146 Å². The Bertz CT molecular complexity index is 704. The molecule has 1 amide bonds. The summed E-state index contributed by atoms with van der Waals surface area (Å²) in [6.07, 6.45) is 0.830. The molecule has 0 saturated carbocycles. The van der Waals surface area contributed by atoms with Crippen LogP contribution in [-0.4, -0.2) is 31.6 Å². The van der Waals surface area contributed by atoms with E-state index in [4.69, 9.17) is 9.47 Å². The minimum absolute atomic E-state index is 0.101. The number of amides is 1. The second kappa shape index (κ2) is 9.01. The van der Waals surface area contributed by atoms with Gasteiger partial charge in [-0.25, -0.2) is 8.78 Å². The van der Waals surface area contributed by atoms with Gasteiger partial charge in [0.25, 0.3) is 0 Å². The van der Waals surface area contributed by atoms with E-state index in [0.717, 1.165) is 11.8 Å². The van der Waals surface area contributed by atoms with Gasteiger partial charge >= 0.3 is 0 Å². The molecule has 4 nitrogen and oxygen atoms in total. The van der Waals surface area contributed by atoms with Gasteiger partial charge in [-0.3, -0.25) is 4.79 Å². The number of carbonyl (C=O) groups excluding carboxylic acids is 1. The van der Waals surface area contributed by atoms with E-state index in [0.29, 0.717) is 18.8 Å². The molecule has 2 aromatic rings. The third kappa shape index (κ3) is 5.74. The van der Waals surface area contributed by atoms with Crippen LogP contribution in [0.5, 0.6) is 11.5 Å². The first-order chi connectivity index (χ1) is 12.0. The maximum Gasteiger partial charge on any atom is 0.222 e. The number of carbonyl (C=O) groups is 1. The van der Waals surface area contributed by atoms with E-state index in [1.807, 2.05) is 0 Å². The van der Waals surface area contributed by atoms with Gasteiger partial charge in [0.2, 0.25) is 5.91 Å². The van der Waals surface area contributed by atoms with Crippen LogP contribution >= 0.6 is 0 Å². The predicted octanol–water partition coefficient (Wildman–Crippen LogP) is 3.79. The van der Waals surface area contributed by atoms with Crippen molar-refractivity contribution in [2.24, 2.45) is 0 Å². The Morgan fingerprint density at radius 3 is 2.40 bits per heavy atom. The molecule has 0 saturated heterocycles. The molecule has 0 unspecified atom stereocenters. The van der Waals surface area contributed by atoms with E-state index in [1.165, 1.54) is 17.0 Å². The summed E-state index contributed by atoms with van der Waals surface area (Å²) in [6, 6.07) is 10.5. The molecular weight excluding hydrogens is 328 g/mol. The number of methoxy groups -OCH3 is 1. The Morgan fingerprint density at radius 1 is 1.08 bits per heavy atom. The van der Waals surface area contributed by atoms with Gasteiger partial charge in [-0.2, -0.15) is 0 Å². The fraction of sp³-hybridized carbons (Fsp3) is 0.316. The Hall–Kier alpha value is -2.63. The number of hydrogen-bond donors (Lipinski definition) is 0. The van der Waals surface area contributed by atoms with Crippen LogP contribution in [0.2, 0.25) is 0 Å². The quantitative estimate of drug-likeness (QED) is 0.681. The highest BCUT2D eigenvalue weighted by Crippen LogP contribution is 2.17. The van der Waals surface area contributed by atoms with Gasteiger partial charge < -0.3 is 14.4 Å². The van der Waals surface area contributed by atoms with Crippen molar-refractivity contribution in [2.45, 2.75) is 19.4 Å². The third-order valence-corrected chi connectivity index (χ3v) is 3.71. The number of benzene rings is 2. The molecule has 0 atom stereocenters. The number of nitrogens with zero attached hydrogens (tertiary/aromatic N) is 1. The highest BCUT2D eigenvalue weighted by atomic mass is 19.1. The van der Waals surface area contributed by atoms with Gasteiger partial charge in [0.1, 0.15) is 23.1 Å². The molecule has 0 spiro atoms. The zero-order valence-corrected chi connectivity index (χ0v) is 14.3. The van der Waals surface area contributed by atoms with Crippen LogP contribution in [-0.2, 0) is 11.3 Å². The molecule has 0 N–H and O–H groups in total. The summed E-state index contributed by atoms with van der Waals surface area (Å²) in [7, 11) is 3.19. The highest BCUT2D eigenvalue weighted by Gasteiger charge is 2.12. The fourth-order valence-electron chi connectivity index (χ4n) is 2.27. The van der Waals surface area contributed by atoms with E-state index >= 15 is 0 Å². The lowest BCUT2D eigenvalue weighted by Crippen LogP contribution is -2.26. The molecule has 0 aliphatic carbocycles. The second-order valence-electron chi connectivity index (χ2n) is 5.61. The van der Waals surface area contributed by atoms with Gasteiger partial charge in [-0.05, 0) is 36.8 Å². The maximum absolute atomic E-state index is 13.6. The molecule has 0 aliphatic rings. The van der Waals surface area contributed by atoms with Crippen LogP contribution in [0.25, 0.3) is 0 Å². The summed E-state index contributed by atoms with van der Waals surface area (Å²) in [6.45, 7) is 0.501. The van der Waals surface area contributed by atoms with Crippen LogP contribution in [0.3, 0.4) is 0 Å². The average Bonchev–Trinajstić information content (AvgIpc) is 2.61. The SMILES string of the molecule is COc1ccc(OCCCC(=O)N(C)Cc2ccc(F)cc2F)cc1. The van der Waals surface area contributed by atoms with Crippen molar-refractivity contribution in [3.8, 4) is 11.5 Å². The van der Waals surface area contributed by atoms with Crippen LogP contribution in [0, 0.1) is 11.6 Å². The molecule has 0 fully saturated rings. The highest BCUT2D eigenvalue weighted by molar-refractivity contribution is 5.75. The molecule has 0 radical (unpaired) electrons. The molecule has 0 bridgehead atoms. The summed E-state index contributed by atoms with van der Waals surface area (Å²) in [5.74, 6) is 0.0441. The van der Waals surface area contributed by atoms with Gasteiger partial charge in [-0.15, -0.1) is 0 Å². The maximum atomic E-state index is 13.6. The molecule has 0 aliphatic heterocycles. The van der Waals surface area contributed by atoms with Gasteiger partial charge in [0, 0.05) is 31.6 Å². The molecule has 0 heterocycles. The summed E-state index contributed by atoms with van der Waals surface area (Å²) >= 11 is 0. The van der Waals surface area contributed by atoms with Crippen molar-refractivity contribution >= 4 is 5.91 Å². The van der Waals surface area contributed by atoms with Crippen LogP contribution in [0.15, 0.2) is 42.5 Å². The van der Waals surface area contributed by atoms with Gasteiger partial charge in [0.15, 0.2) is 0 Å². The van der Waals surface area contributed by atoms with Gasteiger partial charge in [-0.1, -0.05) is 6.07 Å². The molecule has 134 valence electrons. The number of rotatable bonds is 8. The van der Waals surface area contributed by atoms with E-state index in [1.54, 1.807) is 38.4 Å².